The summed E-state index contributed by atoms with van der Waals surface area (Å²) >= 11 is 1.34. The standard InChI is InChI=1S/C18H16N2O3S/c1-23-10-14-19-17-15(12-8-5-9-13(21)16(12)24-17)18(22)20(14)11-6-3-2-4-7-11/h2-4,6-7H,5,8-10H2,1H3. The van der Waals surface area contributed by atoms with Gasteiger partial charge in [0.25, 0.3) is 5.56 Å². The first kappa shape index (κ1) is 15.2. The van der Waals surface area contributed by atoms with E-state index < -0.39 is 0 Å². The van der Waals surface area contributed by atoms with Crippen LogP contribution in [0, 0.1) is 0 Å². The molecule has 1 aliphatic carbocycles. The highest BCUT2D eigenvalue weighted by atomic mass is 32.1. The van der Waals surface area contributed by atoms with Gasteiger partial charge in [-0.25, -0.2) is 4.98 Å². The first-order valence-corrected chi connectivity index (χ1v) is 8.67. The Morgan fingerprint density at radius 2 is 2.00 bits per heavy atom. The number of ether oxygens (including phenoxy) is 1. The van der Waals surface area contributed by atoms with Crippen molar-refractivity contribution in [3.8, 4) is 5.69 Å². The fourth-order valence-electron chi connectivity index (χ4n) is 3.22. The third-order valence-electron chi connectivity index (χ3n) is 4.27. The van der Waals surface area contributed by atoms with Crippen LogP contribution in [0.3, 0.4) is 0 Å². The Morgan fingerprint density at radius 3 is 2.75 bits per heavy atom. The van der Waals surface area contributed by atoms with Gasteiger partial charge in [0.2, 0.25) is 0 Å². The van der Waals surface area contributed by atoms with E-state index in [0.29, 0.717) is 27.3 Å². The van der Waals surface area contributed by atoms with E-state index in [1.54, 1.807) is 11.7 Å². The van der Waals surface area contributed by atoms with Gasteiger partial charge in [0.1, 0.15) is 17.3 Å². The van der Waals surface area contributed by atoms with E-state index in [-0.39, 0.29) is 17.9 Å². The van der Waals surface area contributed by atoms with Crippen LogP contribution < -0.4 is 5.56 Å². The molecule has 0 saturated carbocycles. The van der Waals surface area contributed by atoms with Gasteiger partial charge in [-0.3, -0.25) is 14.2 Å². The SMILES string of the molecule is COCc1nc2sc3c(c2c(=O)n1-c1ccccc1)CCCC3=O. The molecule has 2 aromatic heterocycles. The third-order valence-corrected chi connectivity index (χ3v) is 5.43. The van der Waals surface area contributed by atoms with Gasteiger partial charge in [0.05, 0.1) is 16.0 Å². The van der Waals surface area contributed by atoms with Gasteiger partial charge in [0.15, 0.2) is 5.78 Å². The fraction of sp³-hybridized carbons (Fsp3) is 0.278. The summed E-state index contributed by atoms with van der Waals surface area (Å²) in [7, 11) is 1.58. The molecule has 0 aliphatic heterocycles. The molecular formula is C18H16N2O3S. The van der Waals surface area contributed by atoms with Crippen molar-refractivity contribution < 1.29 is 9.53 Å². The number of hydrogen-bond acceptors (Lipinski definition) is 5. The Balaban J connectivity index is 2.07. The predicted octanol–water partition coefficient (Wildman–Crippen LogP) is 3.11. The van der Waals surface area contributed by atoms with E-state index in [1.807, 2.05) is 30.3 Å². The average molecular weight is 340 g/mol. The van der Waals surface area contributed by atoms with Crippen molar-refractivity contribution in [3.63, 3.8) is 0 Å². The van der Waals surface area contributed by atoms with E-state index in [4.69, 9.17) is 4.74 Å². The Hall–Kier alpha value is -2.31. The molecule has 0 N–H and O–H groups in total. The lowest BCUT2D eigenvalue weighted by molar-refractivity contribution is 0.0977. The molecule has 24 heavy (non-hydrogen) atoms. The first-order chi connectivity index (χ1) is 11.7. The van der Waals surface area contributed by atoms with Gasteiger partial charge in [-0.05, 0) is 30.5 Å². The molecule has 5 nitrogen and oxygen atoms in total. The highest BCUT2D eigenvalue weighted by Gasteiger charge is 2.26. The van der Waals surface area contributed by atoms with Gasteiger partial charge in [-0.15, -0.1) is 11.3 Å². The Labute approximate surface area is 142 Å². The highest BCUT2D eigenvalue weighted by Crippen LogP contribution is 2.34. The molecule has 0 fully saturated rings. The smallest absolute Gasteiger partial charge is 0.267 e. The second-order valence-electron chi connectivity index (χ2n) is 5.80. The lowest BCUT2D eigenvalue weighted by atomic mass is 9.96. The van der Waals surface area contributed by atoms with Gasteiger partial charge in [-0.2, -0.15) is 0 Å². The fourth-order valence-corrected chi connectivity index (χ4v) is 4.42. The molecule has 0 amide bonds. The minimum absolute atomic E-state index is 0.120. The average Bonchev–Trinajstić information content (AvgIpc) is 2.96. The van der Waals surface area contributed by atoms with Crippen molar-refractivity contribution in [2.24, 2.45) is 0 Å². The van der Waals surface area contributed by atoms with Crippen molar-refractivity contribution >= 4 is 27.3 Å². The molecule has 1 aromatic carbocycles. The van der Waals surface area contributed by atoms with Crippen LogP contribution in [0.2, 0.25) is 0 Å². The number of methoxy groups -OCH3 is 1. The van der Waals surface area contributed by atoms with E-state index >= 15 is 0 Å². The quantitative estimate of drug-likeness (QED) is 0.735. The Kier molecular flexibility index (Phi) is 3.78. The summed E-state index contributed by atoms with van der Waals surface area (Å²) in [5, 5.41) is 0.590. The summed E-state index contributed by atoms with van der Waals surface area (Å²) in [4.78, 5) is 31.4. The van der Waals surface area contributed by atoms with Crippen LogP contribution in [-0.4, -0.2) is 22.4 Å². The van der Waals surface area contributed by atoms with Crippen molar-refractivity contribution in [3.05, 3.63) is 57.0 Å². The van der Waals surface area contributed by atoms with Crippen LogP contribution in [0.4, 0.5) is 0 Å². The number of Topliss-reactive ketones (excluding diaryl/α,β-unsaturated/α-hetero) is 1. The Morgan fingerprint density at radius 1 is 1.21 bits per heavy atom. The van der Waals surface area contributed by atoms with Crippen LogP contribution in [-0.2, 0) is 17.8 Å². The number of nitrogens with zero attached hydrogens (tertiary/aromatic N) is 2. The molecule has 0 atom stereocenters. The molecular weight excluding hydrogens is 324 g/mol. The number of ketones is 1. The van der Waals surface area contributed by atoms with Gasteiger partial charge < -0.3 is 4.74 Å². The predicted molar refractivity (Wildman–Crippen MR) is 93.2 cm³/mol. The molecule has 1 aliphatic rings. The Bertz CT molecular complexity index is 989. The van der Waals surface area contributed by atoms with Crippen molar-refractivity contribution in [1.29, 1.82) is 0 Å². The van der Waals surface area contributed by atoms with Gasteiger partial charge >= 0.3 is 0 Å². The van der Waals surface area contributed by atoms with Crippen molar-refractivity contribution in [1.82, 2.24) is 9.55 Å². The monoisotopic (exact) mass is 340 g/mol. The van der Waals surface area contributed by atoms with E-state index in [0.717, 1.165) is 24.1 Å². The van der Waals surface area contributed by atoms with Crippen LogP contribution in [0.5, 0.6) is 0 Å². The van der Waals surface area contributed by atoms with Crippen LogP contribution >= 0.6 is 11.3 Å². The highest BCUT2D eigenvalue weighted by molar-refractivity contribution is 7.20. The number of rotatable bonds is 3. The van der Waals surface area contributed by atoms with E-state index in [1.165, 1.54) is 11.3 Å². The molecule has 0 spiro atoms. The molecule has 2 heterocycles. The summed E-state index contributed by atoms with van der Waals surface area (Å²) < 4.78 is 6.83. The second kappa shape index (κ2) is 5.96. The summed E-state index contributed by atoms with van der Waals surface area (Å²) in [5.74, 6) is 0.672. The molecule has 0 unspecified atom stereocenters. The number of carbonyl (C=O) groups is 1. The number of fused-ring (bicyclic) bond motifs is 3. The minimum Gasteiger partial charge on any atom is -0.377 e. The number of aryl methyl sites for hydroxylation is 1. The number of thiophene rings is 1. The molecule has 6 heteroatoms. The topological polar surface area (TPSA) is 61.2 Å². The maximum absolute atomic E-state index is 13.2. The summed E-state index contributed by atoms with van der Waals surface area (Å²) in [6, 6.07) is 9.42. The zero-order valence-electron chi connectivity index (χ0n) is 13.2. The van der Waals surface area contributed by atoms with Crippen LogP contribution in [0.1, 0.15) is 33.9 Å². The zero-order chi connectivity index (χ0) is 16.7. The van der Waals surface area contributed by atoms with E-state index in [9.17, 15) is 9.59 Å². The van der Waals surface area contributed by atoms with Crippen LogP contribution in [0.15, 0.2) is 35.1 Å². The summed E-state index contributed by atoms with van der Waals surface area (Å²) in [6.45, 7) is 0.233. The van der Waals surface area contributed by atoms with Gasteiger partial charge in [0, 0.05) is 13.5 Å². The third kappa shape index (κ3) is 2.30. The lowest BCUT2D eigenvalue weighted by Gasteiger charge is -2.13. The number of para-hydroxylation sites is 1. The number of aromatic nitrogens is 2. The molecule has 3 aromatic rings. The molecule has 0 bridgehead atoms. The van der Waals surface area contributed by atoms with Gasteiger partial charge in [-0.1, -0.05) is 18.2 Å². The van der Waals surface area contributed by atoms with Crippen LogP contribution in [0.25, 0.3) is 15.9 Å². The summed E-state index contributed by atoms with van der Waals surface area (Å²) in [5.41, 5.74) is 1.51. The molecule has 4 rings (SSSR count). The summed E-state index contributed by atoms with van der Waals surface area (Å²) in [6.07, 6.45) is 2.11. The second-order valence-corrected chi connectivity index (χ2v) is 6.80. The minimum atomic E-state index is -0.120. The maximum atomic E-state index is 13.2. The number of benzene rings is 1. The number of carbonyl (C=O) groups excluding carboxylic acids is 1. The normalized spacial score (nSPS) is 14.1. The maximum Gasteiger partial charge on any atom is 0.267 e. The van der Waals surface area contributed by atoms with Crippen molar-refractivity contribution in [2.45, 2.75) is 25.9 Å². The number of hydrogen-bond donors (Lipinski definition) is 0. The zero-order valence-corrected chi connectivity index (χ0v) is 14.1. The van der Waals surface area contributed by atoms with E-state index in [2.05, 4.69) is 4.98 Å². The largest absolute Gasteiger partial charge is 0.377 e. The molecule has 0 radical (unpaired) electrons. The molecule has 122 valence electrons. The first-order valence-electron chi connectivity index (χ1n) is 7.85. The molecule has 0 saturated heterocycles. The lowest BCUT2D eigenvalue weighted by Crippen LogP contribution is -2.24. The van der Waals surface area contributed by atoms with Crippen molar-refractivity contribution in [2.75, 3.05) is 7.11 Å².